The smallest absolute Gasteiger partial charge is 0.111 e. The van der Waals surface area contributed by atoms with Crippen molar-refractivity contribution in [1.29, 1.82) is 0 Å². The van der Waals surface area contributed by atoms with E-state index >= 15 is 0 Å². The van der Waals surface area contributed by atoms with Gasteiger partial charge in [0.1, 0.15) is 5.67 Å². The van der Waals surface area contributed by atoms with Gasteiger partial charge in [-0.2, -0.15) is 0 Å². The zero-order valence-electron chi connectivity index (χ0n) is 11.0. The lowest BCUT2D eigenvalue weighted by atomic mass is 9.76. The van der Waals surface area contributed by atoms with E-state index in [0.717, 1.165) is 12.8 Å². The summed E-state index contributed by atoms with van der Waals surface area (Å²) in [5, 5.41) is 0. The minimum atomic E-state index is -0.945. The fourth-order valence-electron chi connectivity index (χ4n) is 3.26. The fourth-order valence-corrected chi connectivity index (χ4v) is 3.26. The summed E-state index contributed by atoms with van der Waals surface area (Å²) >= 11 is 0. The molecule has 0 bridgehead atoms. The molecule has 0 amide bonds. The molecule has 0 radical (unpaired) electrons. The minimum Gasteiger partial charge on any atom is -0.244 e. The minimum absolute atomic E-state index is 0.265. The Labute approximate surface area is 94.6 Å². The Morgan fingerprint density at radius 1 is 1.07 bits per heavy atom. The van der Waals surface area contributed by atoms with Crippen LogP contribution in [-0.2, 0) is 0 Å². The molecule has 1 rings (SSSR count). The van der Waals surface area contributed by atoms with Crippen molar-refractivity contribution in [2.24, 2.45) is 23.7 Å². The maximum absolute atomic E-state index is 14.7. The standard InChI is InChI=1S/C14H27F/c1-10(2)12-7-6-8-13(11(3)4)14(5,15)9-12/h10-13H,6-9H2,1-5H3. The molecule has 0 nitrogen and oxygen atoms in total. The summed E-state index contributed by atoms with van der Waals surface area (Å²) in [5.41, 5.74) is -0.945. The molecule has 0 aromatic heterocycles. The van der Waals surface area contributed by atoms with E-state index in [9.17, 15) is 4.39 Å². The molecule has 0 aromatic carbocycles. The third-order valence-electron chi connectivity index (χ3n) is 4.27. The number of alkyl halides is 1. The molecule has 0 N–H and O–H groups in total. The van der Waals surface area contributed by atoms with Crippen molar-refractivity contribution in [3.05, 3.63) is 0 Å². The van der Waals surface area contributed by atoms with Gasteiger partial charge in [0.15, 0.2) is 0 Å². The van der Waals surface area contributed by atoms with Crippen molar-refractivity contribution in [2.45, 2.75) is 66.0 Å². The van der Waals surface area contributed by atoms with Gasteiger partial charge < -0.3 is 0 Å². The molecule has 0 aromatic rings. The van der Waals surface area contributed by atoms with E-state index in [2.05, 4.69) is 27.7 Å². The zero-order chi connectivity index (χ0) is 11.6. The lowest BCUT2D eigenvalue weighted by Crippen LogP contribution is -2.34. The Balaban J connectivity index is 2.75. The lowest BCUT2D eigenvalue weighted by molar-refractivity contribution is 0.0467. The van der Waals surface area contributed by atoms with E-state index in [-0.39, 0.29) is 5.92 Å². The largest absolute Gasteiger partial charge is 0.244 e. The molecule has 0 heterocycles. The average Bonchev–Trinajstić information content (AvgIpc) is 2.22. The lowest BCUT2D eigenvalue weighted by Gasteiger charge is -2.34. The zero-order valence-corrected chi connectivity index (χ0v) is 11.0. The second kappa shape index (κ2) is 4.84. The van der Waals surface area contributed by atoms with Gasteiger partial charge in [0, 0.05) is 0 Å². The van der Waals surface area contributed by atoms with Crippen LogP contribution in [0.15, 0.2) is 0 Å². The highest BCUT2D eigenvalue weighted by Gasteiger charge is 2.40. The van der Waals surface area contributed by atoms with Gasteiger partial charge in [0.25, 0.3) is 0 Å². The highest BCUT2D eigenvalue weighted by molar-refractivity contribution is 4.90. The first-order chi connectivity index (χ1) is 6.84. The summed E-state index contributed by atoms with van der Waals surface area (Å²) in [5.74, 6) is 1.96. The number of rotatable bonds is 2. The molecular weight excluding hydrogens is 187 g/mol. The van der Waals surface area contributed by atoms with Crippen molar-refractivity contribution < 1.29 is 4.39 Å². The maximum atomic E-state index is 14.7. The topological polar surface area (TPSA) is 0 Å². The quantitative estimate of drug-likeness (QED) is 0.577. The van der Waals surface area contributed by atoms with Crippen LogP contribution in [0.5, 0.6) is 0 Å². The van der Waals surface area contributed by atoms with Gasteiger partial charge in [0.05, 0.1) is 0 Å². The highest BCUT2D eigenvalue weighted by Crippen LogP contribution is 2.43. The maximum Gasteiger partial charge on any atom is 0.111 e. The monoisotopic (exact) mass is 214 g/mol. The second-order valence-electron chi connectivity index (χ2n) is 6.27. The van der Waals surface area contributed by atoms with Crippen LogP contribution in [0.2, 0.25) is 0 Å². The Hall–Kier alpha value is -0.0700. The van der Waals surface area contributed by atoms with Crippen molar-refractivity contribution in [3.8, 4) is 0 Å². The summed E-state index contributed by atoms with van der Waals surface area (Å²) in [6, 6.07) is 0. The molecule has 3 unspecified atom stereocenters. The Bertz CT molecular complexity index is 194. The number of halogens is 1. The van der Waals surface area contributed by atoms with E-state index in [1.807, 2.05) is 6.92 Å². The van der Waals surface area contributed by atoms with Crippen LogP contribution in [0.1, 0.15) is 60.3 Å². The molecule has 3 atom stereocenters. The molecule has 1 aliphatic rings. The molecular formula is C14H27F. The van der Waals surface area contributed by atoms with Crippen molar-refractivity contribution in [3.63, 3.8) is 0 Å². The second-order valence-corrected chi connectivity index (χ2v) is 6.27. The average molecular weight is 214 g/mol. The van der Waals surface area contributed by atoms with Gasteiger partial charge >= 0.3 is 0 Å². The van der Waals surface area contributed by atoms with Crippen LogP contribution in [0.4, 0.5) is 4.39 Å². The van der Waals surface area contributed by atoms with Gasteiger partial charge in [0.2, 0.25) is 0 Å². The summed E-state index contributed by atoms with van der Waals surface area (Å²) < 4.78 is 14.7. The first-order valence-corrected chi connectivity index (χ1v) is 6.53. The number of hydrogen-bond acceptors (Lipinski definition) is 0. The van der Waals surface area contributed by atoms with Crippen LogP contribution >= 0.6 is 0 Å². The van der Waals surface area contributed by atoms with Crippen LogP contribution in [-0.4, -0.2) is 5.67 Å². The first-order valence-electron chi connectivity index (χ1n) is 6.53. The highest BCUT2D eigenvalue weighted by atomic mass is 19.1. The normalized spacial score (nSPS) is 38.4. The van der Waals surface area contributed by atoms with E-state index < -0.39 is 5.67 Å². The molecule has 0 spiro atoms. The molecule has 0 aliphatic heterocycles. The van der Waals surface area contributed by atoms with E-state index in [1.54, 1.807) is 0 Å². The predicted octanol–water partition coefficient (Wildman–Crippen LogP) is 4.83. The first kappa shape index (κ1) is 13.0. The molecule has 15 heavy (non-hydrogen) atoms. The van der Waals surface area contributed by atoms with Crippen LogP contribution < -0.4 is 0 Å². The predicted molar refractivity (Wildman–Crippen MR) is 64.6 cm³/mol. The molecule has 90 valence electrons. The van der Waals surface area contributed by atoms with Gasteiger partial charge in [-0.05, 0) is 43.4 Å². The SMILES string of the molecule is CC(C)C1CCCC(C(C)C)C(C)(F)C1. The molecule has 1 saturated carbocycles. The van der Waals surface area contributed by atoms with Gasteiger partial charge in [-0.15, -0.1) is 0 Å². The Morgan fingerprint density at radius 2 is 1.67 bits per heavy atom. The molecule has 0 saturated heterocycles. The Kier molecular flexibility index (Phi) is 4.20. The fraction of sp³-hybridized carbons (Fsp3) is 1.00. The van der Waals surface area contributed by atoms with Gasteiger partial charge in [-0.3, -0.25) is 0 Å². The summed E-state index contributed by atoms with van der Waals surface area (Å²) in [4.78, 5) is 0. The third-order valence-corrected chi connectivity index (χ3v) is 4.27. The van der Waals surface area contributed by atoms with Gasteiger partial charge in [-0.25, -0.2) is 4.39 Å². The van der Waals surface area contributed by atoms with Crippen LogP contribution in [0.3, 0.4) is 0 Å². The van der Waals surface area contributed by atoms with E-state index in [4.69, 9.17) is 0 Å². The summed E-state index contributed by atoms with van der Waals surface area (Å²) in [6.45, 7) is 10.6. The van der Waals surface area contributed by atoms with Crippen molar-refractivity contribution in [2.75, 3.05) is 0 Å². The molecule has 1 aliphatic carbocycles. The summed E-state index contributed by atoms with van der Waals surface area (Å²) in [7, 11) is 0. The summed E-state index contributed by atoms with van der Waals surface area (Å²) in [6.07, 6.45) is 4.28. The number of hydrogen-bond donors (Lipinski definition) is 0. The van der Waals surface area contributed by atoms with Crippen molar-refractivity contribution in [1.82, 2.24) is 0 Å². The Morgan fingerprint density at radius 3 is 2.13 bits per heavy atom. The third kappa shape index (κ3) is 3.19. The van der Waals surface area contributed by atoms with E-state index in [1.165, 1.54) is 12.8 Å². The van der Waals surface area contributed by atoms with Crippen molar-refractivity contribution >= 4 is 0 Å². The van der Waals surface area contributed by atoms with Crippen LogP contribution in [0, 0.1) is 23.7 Å². The molecule has 1 heteroatoms. The van der Waals surface area contributed by atoms with E-state index in [0.29, 0.717) is 17.8 Å². The van der Waals surface area contributed by atoms with Gasteiger partial charge in [-0.1, -0.05) is 40.5 Å². The van der Waals surface area contributed by atoms with Crippen LogP contribution in [0.25, 0.3) is 0 Å². The molecule has 1 fully saturated rings.